The second-order valence-electron chi connectivity index (χ2n) is 5.15. The minimum atomic E-state index is 0.266. The molecule has 23 heavy (non-hydrogen) atoms. The van der Waals surface area contributed by atoms with Gasteiger partial charge in [0.15, 0.2) is 0 Å². The zero-order chi connectivity index (χ0) is 16.1. The van der Waals surface area contributed by atoms with E-state index in [4.69, 9.17) is 10.00 Å². The largest absolute Gasteiger partial charge is 0.378 e. The molecular weight excluding hydrogens is 294 g/mol. The second kappa shape index (κ2) is 6.89. The Morgan fingerprint density at radius 3 is 2.91 bits per heavy atom. The number of hydrogen-bond donors (Lipinski definition) is 2. The maximum atomic E-state index is 9.16. The van der Waals surface area contributed by atoms with Crippen molar-refractivity contribution < 1.29 is 4.74 Å². The molecule has 0 atom stereocenters. The van der Waals surface area contributed by atoms with Crippen molar-refractivity contribution in [2.45, 2.75) is 6.92 Å². The summed E-state index contributed by atoms with van der Waals surface area (Å²) >= 11 is 0. The topological polar surface area (TPSA) is 103 Å². The van der Waals surface area contributed by atoms with Gasteiger partial charge in [0.2, 0.25) is 5.82 Å². The minimum absolute atomic E-state index is 0.266. The quantitative estimate of drug-likeness (QED) is 0.821. The molecule has 0 spiro atoms. The van der Waals surface area contributed by atoms with Crippen molar-refractivity contribution >= 4 is 16.9 Å². The summed E-state index contributed by atoms with van der Waals surface area (Å²) in [5.74, 6) is 0.266. The first-order chi connectivity index (χ1) is 11.3. The molecule has 0 radical (unpaired) electrons. The number of nitrogens with zero attached hydrogens (tertiary/aromatic N) is 5. The van der Waals surface area contributed by atoms with Crippen molar-refractivity contribution in [3.8, 4) is 6.07 Å². The number of H-pyrrole nitrogens is 1. The number of hydrogen-bond acceptors (Lipinski definition) is 7. The van der Waals surface area contributed by atoms with Crippen LogP contribution in [0.15, 0.2) is 24.4 Å². The Morgan fingerprint density at radius 1 is 1.43 bits per heavy atom. The van der Waals surface area contributed by atoms with Gasteiger partial charge in [-0.05, 0) is 35.9 Å². The van der Waals surface area contributed by atoms with Gasteiger partial charge in [-0.25, -0.2) is 0 Å². The van der Waals surface area contributed by atoms with Crippen molar-refractivity contribution in [1.29, 1.82) is 5.26 Å². The van der Waals surface area contributed by atoms with E-state index in [2.05, 4.69) is 43.0 Å². The van der Waals surface area contributed by atoms with E-state index in [0.29, 0.717) is 5.57 Å². The number of rotatable bonds is 4. The molecule has 118 valence electrons. The molecule has 0 aliphatic carbocycles. The molecule has 1 fully saturated rings. The molecule has 0 bridgehead atoms. The normalized spacial score (nSPS) is 15.3. The van der Waals surface area contributed by atoms with E-state index >= 15 is 0 Å². The van der Waals surface area contributed by atoms with E-state index in [1.165, 1.54) is 5.69 Å². The number of benzene rings is 1. The molecule has 0 unspecified atom stereocenters. The maximum Gasteiger partial charge on any atom is 0.216 e. The smallest absolute Gasteiger partial charge is 0.216 e. The van der Waals surface area contributed by atoms with Gasteiger partial charge < -0.3 is 15.0 Å². The van der Waals surface area contributed by atoms with Gasteiger partial charge >= 0.3 is 0 Å². The summed E-state index contributed by atoms with van der Waals surface area (Å²) in [6.45, 7) is 5.36. The van der Waals surface area contributed by atoms with E-state index in [9.17, 15) is 0 Å². The van der Waals surface area contributed by atoms with Crippen LogP contribution >= 0.6 is 0 Å². The van der Waals surface area contributed by atoms with Crippen molar-refractivity contribution in [3.63, 3.8) is 0 Å². The summed E-state index contributed by atoms with van der Waals surface area (Å²) in [5, 5.41) is 25.7. The lowest BCUT2D eigenvalue weighted by atomic mass is 10.1. The van der Waals surface area contributed by atoms with Crippen LogP contribution in [-0.4, -0.2) is 46.9 Å². The zero-order valence-electron chi connectivity index (χ0n) is 12.8. The number of aromatic nitrogens is 4. The summed E-state index contributed by atoms with van der Waals surface area (Å²) in [6.07, 6.45) is 1.58. The molecule has 3 rings (SSSR count). The number of tetrazole rings is 1. The third-order valence-electron chi connectivity index (χ3n) is 3.66. The number of anilines is 2. The molecule has 2 heterocycles. The minimum Gasteiger partial charge on any atom is -0.378 e. The fraction of sp³-hybridized carbons (Fsp3) is 0.333. The third kappa shape index (κ3) is 3.46. The third-order valence-corrected chi connectivity index (χ3v) is 3.66. The molecule has 1 saturated heterocycles. The molecule has 1 aliphatic heterocycles. The van der Waals surface area contributed by atoms with E-state index in [-0.39, 0.29) is 5.82 Å². The SMILES string of the molecule is Cc1cc(N2CCOCC2)ccc1NC=C(C#N)c1nn[nH]n1. The van der Waals surface area contributed by atoms with Gasteiger partial charge in [-0.1, -0.05) is 0 Å². The van der Waals surface area contributed by atoms with E-state index < -0.39 is 0 Å². The van der Waals surface area contributed by atoms with Gasteiger partial charge in [0, 0.05) is 30.7 Å². The molecule has 1 aromatic heterocycles. The van der Waals surface area contributed by atoms with Crippen molar-refractivity contribution in [2.24, 2.45) is 0 Å². The van der Waals surface area contributed by atoms with E-state index in [1.807, 2.05) is 19.1 Å². The monoisotopic (exact) mass is 311 g/mol. The van der Waals surface area contributed by atoms with Crippen LogP contribution in [0, 0.1) is 18.3 Å². The van der Waals surface area contributed by atoms with Crippen molar-refractivity contribution in [2.75, 3.05) is 36.5 Å². The number of nitrogens with one attached hydrogen (secondary N) is 2. The van der Waals surface area contributed by atoms with Crippen LogP contribution in [0.5, 0.6) is 0 Å². The number of allylic oxidation sites excluding steroid dienone is 1. The van der Waals surface area contributed by atoms with Crippen LogP contribution < -0.4 is 10.2 Å². The zero-order valence-corrected chi connectivity index (χ0v) is 12.8. The Hall–Kier alpha value is -2.92. The predicted octanol–water partition coefficient (Wildman–Crippen LogP) is 1.32. The molecule has 8 nitrogen and oxygen atoms in total. The molecule has 0 saturated carbocycles. The molecular formula is C15H17N7O. The molecule has 1 aliphatic rings. The standard InChI is InChI=1S/C15H17N7O/c1-11-8-13(22-4-6-23-7-5-22)2-3-14(11)17-10-12(9-16)15-18-20-21-19-15/h2-3,8,10,17H,4-7H2,1H3,(H,18,19,20,21). The van der Waals surface area contributed by atoms with E-state index in [0.717, 1.165) is 37.6 Å². The van der Waals surface area contributed by atoms with Crippen molar-refractivity contribution in [3.05, 3.63) is 35.8 Å². The van der Waals surface area contributed by atoms with Gasteiger partial charge in [-0.3, -0.25) is 0 Å². The van der Waals surface area contributed by atoms with Gasteiger partial charge in [-0.15, -0.1) is 10.2 Å². The Morgan fingerprint density at radius 2 is 2.26 bits per heavy atom. The molecule has 2 aromatic rings. The van der Waals surface area contributed by atoms with Crippen LogP contribution in [0.1, 0.15) is 11.4 Å². The van der Waals surface area contributed by atoms with E-state index in [1.54, 1.807) is 6.20 Å². The average molecular weight is 311 g/mol. The molecule has 2 N–H and O–H groups in total. The highest BCUT2D eigenvalue weighted by molar-refractivity contribution is 5.74. The average Bonchev–Trinajstić information content (AvgIpc) is 3.12. The Balaban J connectivity index is 1.75. The summed E-state index contributed by atoms with van der Waals surface area (Å²) in [7, 11) is 0. The summed E-state index contributed by atoms with van der Waals surface area (Å²) in [5.41, 5.74) is 3.52. The number of nitriles is 1. The van der Waals surface area contributed by atoms with Crippen LogP contribution in [0.2, 0.25) is 0 Å². The second-order valence-corrected chi connectivity index (χ2v) is 5.15. The maximum absolute atomic E-state index is 9.16. The first kappa shape index (κ1) is 15.0. The van der Waals surface area contributed by atoms with Crippen LogP contribution in [-0.2, 0) is 4.74 Å². The number of ether oxygens (including phenoxy) is 1. The molecule has 1 aromatic carbocycles. The summed E-state index contributed by atoms with van der Waals surface area (Å²) < 4.78 is 5.38. The number of aryl methyl sites for hydroxylation is 1. The first-order valence-corrected chi connectivity index (χ1v) is 7.32. The Labute approximate surface area is 133 Å². The van der Waals surface area contributed by atoms with Gasteiger partial charge in [0.05, 0.1) is 13.2 Å². The van der Waals surface area contributed by atoms with Crippen molar-refractivity contribution in [1.82, 2.24) is 20.6 Å². The van der Waals surface area contributed by atoms with Gasteiger partial charge in [-0.2, -0.15) is 10.5 Å². The lowest BCUT2D eigenvalue weighted by molar-refractivity contribution is 0.122. The highest BCUT2D eigenvalue weighted by atomic mass is 16.5. The van der Waals surface area contributed by atoms with Gasteiger partial charge in [0.25, 0.3) is 0 Å². The lowest BCUT2D eigenvalue weighted by Crippen LogP contribution is -2.36. The fourth-order valence-corrected chi connectivity index (χ4v) is 2.40. The Kier molecular flexibility index (Phi) is 4.49. The Bertz CT molecular complexity index is 727. The fourth-order valence-electron chi connectivity index (χ4n) is 2.40. The van der Waals surface area contributed by atoms with Crippen LogP contribution in [0.4, 0.5) is 11.4 Å². The van der Waals surface area contributed by atoms with Gasteiger partial charge in [0.1, 0.15) is 11.6 Å². The molecule has 8 heteroatoms. The summed E-state index contributed by atoms with van der Waals surface area (Å²) in [6, 6.07) is 8.24. The number of morpholine rings is 1. The summed E-state index contributed by atoms with van der Waals surface area (Å²) in [4.78, 5) is 2.30. The highest BCUT2D eigenvalue weighted by Gasteiger charge is 2.12. The lowest BCUT2D eigenvalue weighted by Gasteiger charge is -2.29. The highest BCUT2D eigenvalue weighted by Crippen LogP contribution is 2.24. The van der Waals surface area contributed by atoms with Crippen LogP contribution in [0.25, 0.3) is 5.57 Å². The first-order valence-electron chi connectivity index (χ1n) is 7.32. The van der Waals surface area contributed by atoms with Crippen LogP contribution in [0.3, 0.4) is 0 Å². The number of aromatic amines is 1. The predicted molar refractivity (Wildman–Crippen MR) is 85.6 cm³/mol. The molecule has 0 amide bonds.